The molecule has 0 aromatic heterocycles. The highest BCUT2D eigenvalue weighted by molar-refractivity contribution is 5.94. The quantitative estimate of drug-likeness (QED) is 0.427. The standard InChI is InChI=1S/C27H29F2NO2/c1-17(2)8-26(22-10-18(3)9-19(4)11-22)30-27(31)21-6-5-7-25(14-21)32-16-20-12-23(28)15-24(29)13-20/h5-7,9-15,17,26H,8,16H2,1-4H3,(H,30,31). The summed E-state index contributed by atoms with van der Waals surface area (Å²) in [4.78, 5) is 13.0. The molecule has 168 valence electrons. The molecule has 1 N–H and O–H groups in total. The van der Waals surface area contributed by atoms with Gasteiger partial charge in [-0.1, -0.05) is 49.2 Å². The maximum atomic E-state index is 13.4. The van der Waals surface area contributed by atoms with E-state index in [2.05, 4.69) is 51.2 Å². The number of aryl methyl sites for hydroxylation is 2. The molecule has 0 saturated heterocycles. The zero-order chi connectivity index (χ0) is 23.3. The van der Waals surface area contributed by atoms with Gasteiger partial charge in [0, 0.05) is 11.6 Å². The maximum absolute atomic E-state index is 13.4. The normalized spacial score (nSPS) is 12.0. The van der Waals surface area contributed by atoms with Crippen LogP contribution in [0.1, 0.15) is 58.9 Å². The fraction of sp³-hybridized carbons (Fsp3) is 0.296. The number of ether oxygens (including phenoxy) is 1. The second kappa shape index (κ2) is 10.4. The SMILES string of the molecule is Cc1cc(C)cc(C(CC(C)C)NC(=O)c2cccc(OCc3cc(F)cc(F)c3)c2)c1. The first-order valence-corrected chi connectivity index (χ1v) is 10.8. The summed E-state index contributed by atoms with van der Waals surface area (Å²) >= 11 is 0. The molecular formula is C27H29F2NO2. The van der Waals surface area contributed by atoms with Crippen LogP contribution in [0.5, 0.6) is 5.75 Å². The Morgan fingerprint density at radius 1 is 0.938 bits per heavy atom. The van der Waals surface area contributed by atoms with E-state index in [4.69, 9.17) is 4.74 Å². The second-order valence-corrected chi connectivity index (χ2v) is 8.67. The molecule has 3 nitrogen and oxygen atoms in total. The van der Waals surface area contributed by atoms with Crippen LogP contribution in [0.15, 0.2) is 60.7 Å². The van der Waals surface area contributed by atoms with Crippen LogP contribution in [0.2, 0.25) is 0 Å². The molecule has 1 atom stereocenters. The minimum Gasteiger partial charge on any atom is -0.489 e. The highest BCUT2D eigenvalue weighted by Gasteiger charge is 2.18. The minimum atomic E-state index is -0.653. The number of rotatable bonds is 8. The minimum absolute atomic E-state index is 0.00169. The van der Waals surface area contributed by atoms with Crippen LogP contribution in [-0.2, 0) is 6.61 Å². The number of halogens is 2. The van der Waals surface area contributed by atoms with Crippen molar-refractivity contribution in [1.82, 2.24) is 5.32 Å². The van der Waals surface area contributed by atoms with Gasteiger partial charge in [0.1, 0.15) is 24.0 Å². The van der Waals surface area contributed by atoms with Crippen molar-refractivity contribution in [1.29, 1.82) is 0 Å². The number of carbonyl (C=O) groups is 1. The summed E-state index contributed by atoms with van der Waals surface area (Å²) in [7, 11) is 0. The van der Waals surface area contributed by atoms with E-state index >= 15 is 0 Å². The van der Waals surface area contributed by atoms with Gasteiger partial charge in [0.05, 0.1) is 6.04 Å². The van der Waals surface area contributed by atoms with E-state index in [0.29, 0.717) is 22.8 Å². The zero-order valence-electron chi connectivity index (χ0n) is 18.9. The number of benzene rings is 3. The van der Waals surface area contributed by atoms with Crippen molar-refractivity contribution < 1.29 is 18.3 Å². The van der Waals surface area contributed by atoms with Crippen LogP contribution in [0.25, 0.3) is 0 Å². The maximum Gasteiger partial charge on any atom is 0.251 e. The Morgan fingerprint density at radius 3 is 2.22 bits per heavy atom. The zero-order valence-corrected chi connectivity index (χ0v) is 18.9. The molecule has 0 heterocycles. The number of nitrogens with one attached hydrogen (secondary N) is 1. The molecule has 0 fully saturated rings. The molecular weight excluding hydrogens is 408 g/mol. The van der Waals surface area contributed by atoms with Gasteiger partial charge in [-0.15, -0.1) is 0 Å². The van der Waals surface area contributed by atoms with E-state index in [1.807, 2.05) is 0 Å². The largest absolute Gasteiger partial charge is 0.489 e. The van der Waals surface area contributed by atoms with Gasteiger partial charge in [-0.2, -0.15) is 0 Å². The Hall–Kier alpha value is -3.21. The molecule has 0 aliphatic heterocycles. The van der Waals surface area contributed by atoms with Crippen molar-refractivity contribution in [2.45, 2.75) is 46.8 Å². The molecule has 0 bridgehead atoms. The number of hydrogen-bond donors (Lipinski definition) is 1. The van der Waals surface area contributed by atoms with E-state index in [9.17, 15) is 13.6 Å². The van der Waals surface area contributed by atoms with E-state index in [-0.39, 0.29) is 18.6 Å². The molecule has 0 aliphatic rings. The number of carbonyl (C=O) groups excluding carboxylic acids is 1. The van der Waals surface area contributed by atoms with E-state index in [1.54, 1.807) is 24.3 Å². The molecule has 0 aliphatic carbocycles. The highest BCUT2D eigenvalue weighted by Crippen LogP contribution is 2.25. The summed E-state index contributed by atoms with van der Waals surface area (Å²) in [6, 6.07) is 16.3. The summed E-state index contributed by atoms with van der Waals surface area (Å²) in [6.45, 7) is 8.36. The Balaban J connectivity index is 1.74. The molecule has 0 spiro atoms. The lowest BCUT2D eigenvalue weighted by molar-refractivity contribution is 0.0931. The number of hydrogen-bond acceptors (Lipinski definition) is 2. The van der Waals surface area contributed by atoms with Crippen molar-refractivity contribution >= 4 is 5.91 Å². The summed E-state index contributed by atoms with van der Waals surface area (Å²) in [5.41, 5.74) is 4.25. The lowest BCUT2D eigenvalue weighted by Crippen LogP contribution is -2.29. The molecule has 3 aromatic rings. The van der Waals surface area contributed by atoms with E-state index in [0.717, 1.165) is 29.2 Å². The Bertz CT molecular complexity index is 1050. The van der Waals surface area contributed by atoms with Gasteiger partial charge in [-0.3, -0.25) is 4.79 Å². The van der Waals surface area contributed by atoms with Crippen molar-refractivity contribution in [3.63, 3.8) is 0 Å². The third-order valence-electron chi connectivity index (χ3n) is 5.08. The van der Waals surface area contributed by atoms with Crippen LogP contribution in [0.4, 0.5) is 8.78 Å². The number of amides is 1. The topological polar surface area (TPSA) is 38.3 Å². The predicted molar refractivity (Wildman–Crippen MR) is 123 cm³/mol. The van der Waals surface area contributed by atoms with Crippen LogP contribution < -0.4 is 10.1 Å². The molecule has 0 radical (unpaired) electrons. The monoisotopic (exact) mass is 437 g/mol. The third-order valence-corrected chi connectivity index (χ3v) is 5.08. The predicted octanol–water partition coefficient (Wildman–Crippen LogP) is 6.68. The van der Waals surface area contributed by atoms with Crippen LogP contribution in [-0.4, -0.2) is 5.91 Å². The molecule has 1 unspecified atom stereocenters. The van der Waals surface area contributed by atoms with Gasteiger partial charge in [0.15, 0.2) is 0 Å². The first kappa shape index (κ1) is 23.5. The summed E-state index contributed by atoms with van der Waals surface area (Å²) in [5, 5.41) is 3.16. The summed E-state index contributed by atoms with van der Waals surface area (Å²) < 4.78 is 32.4. The van der Waals surface area contributed by atoms with Crippen molar-refractivity contribution in [3.05, 3.63) is 100 Å². The summed E-state index contributed by atoms with van der Waals surface area (Å²) in [6.07, 6.45) is 0.815. The summed E-state index contributed by atoms with van der Waals surface area (Å²) in [5.74, 6) is -0.646. The third kappa shape index (κ3) is 6.64. The van der Waals surface area contributed by atoms with E-state index < -0.39 is 11.6 Å². The van der Waals surface area contributed by atoms with Crippen LogP contribution in [0, 0.1) is 31.4 Å². The lowest BCUT2D eigenvalue weighted by atomic mass is 9.94. The van der Waals surface area contributed by atoms with Gasteiger partial charge in [-0.05, 0) is 67.6 Å². The fourth-order valence-corrected chi connectivity index (χ4v) is 3.79. The average molecular weight is 438 g/mol. The van der Waals surface area contributed by atoms with Gasteiger partial charge >= 0.3 is 0 Å². The first-order valence-electron chi connectivity index (χ1n) is 10.8. The van der Waals surface area contributed by atoms with Crippen molar-refractivity contribution in [3.8, 4) is 5.75 Å². The molecule has 3 rings (SSSR count). The van der Waals surface area contributed by atoms with Crippen LogP contribution >= 0.6 is 0 Å². The van der Waals surface area contributed by atoms with Crippen molar-refractivity contribution in [2.24, 2.45) is 5.92 Å². The fourth-order valence-electron chi connectivity index (χ4n) is 3.79. The van der Waals surface area contributed by atoms with Crippen LogP contribution in [0.3, 0.4) is 0 Å². The highest BCUT2D eigenvalue weighted by atomic mass is 19.1. The molecule has 3 aromatic carbocycles. The molecule has 0 saturated carbocycles. The van der Waals surface area contributed by atoms with Gasteiger partial charge in [0.2, 0.25) is 0 Å². The van der Waals surface area contributed by atoms with Gasteiger partial charge in [0.25, 0.3) is 5.91 Å². The Morgan fingerprint density at radius 2 is 1.59 bits per heavy atom. The van der Waals surface area contributed by atoms with Gasteiger partial charge < -0.3 is 10.1 Å². The van der Waals surface area contributed by atoms with E-state index in [1.165, 1.54) is 12.1 Å². The average Bonchev–Trinajstić information content (AvgIpc) is 2.70. The second-order valence-electron chi connectivity index (χ2n) is 8.67. The Labute approximate surface area is 188 Å². The molecule has 1 amide bonds. The first-order chi connectivity index (χ1) is 15.2. The smallest absolute Gasteiger partial charge is 0.251 e. The van der Waals surface area contributed by atoms with Crippen molar-refractivity contribution in [2.75, 3.05) is 0 Å². The molecule has 5 heteroatoms. The van der Waals surface area contributed by atoms with Gasteiger partial charge in [-0.25, -0.2) is 8.78 Å². The lowest BCUT2D eigenvalue weighted by Gasteiger charge is -2.22. The molecule has 32 heavy (non-hydrogen) atoms. The Kier molecular flexibility index (Phi) is 7.62.